The molecule has 3 nitrogen and oxygen atoms in total. The van der Waals surface area contributed by atoms with Gasteiger partial charge in [0.15, 0.2) is 0 Å². The molecular weight excluding hydrogens is 287 g/mol. The van der Waals surface area contributed by atoms with Crippen molar-refractivity contribution in [1.29, 1.82) is 0 Å². The molecule has 1 heterocycles. The number of ether oxygens (including phenoxy) is 2. The van der Waals surface area contributed by atoms with E-state index < -0.39 is 24.3 Å². The van der Waals surface area contributed by atoms with Gasteiger partial charge in [0.1, 0.15) is 12.4 Å². The maximum atomic E-state index is 12.6. The number of esters is 1. The molecular formula is C11H11BF3KO3. The molecule has 1 aromatic carbocycles. The van der Waals surface area contributed by atoms with Crippen molar-refractivity contribution in [1.82, 2.24) is 0 Å². The number of carbonyl (C=O) groups is 1. The van der Waals surface area contributed by atoms with Gasteiger partial charge in [0.05, 0.1) is 13.0 Å². The van der Waals surface area contributed by atoms with Crippen LogP contribution in [0.5, 0.6) is 5.75 Å². The van der Waals surface area contributed by atoms with Gasteiger partial charge >= 0.3 is 64.3 Å². The molecule has 1 unspecified atom stereocenters. The second-order valence-electron chi connectivity index (χ2n) is 4.18. The summed E-state index contributed by atoms with van der Waals surface area (Å²) in [5.74, 6) is -0.610. The Hall–Kier alpha value is -0.0187. The van der Waals surface area contributed by atoms with E-state index in [0.29, 0.717) is 11.3 Å². The van der Waals surface area contributed by atoms with Crippen molar-refractivity contribution in [3.63, 3.8) is 0 Å². The molecule has 1 atom stereocenters. The van der Waals surface area contributed by atoms with E-state index >= 15 is 0 Å². The molecule has 0 saturated heterocycles. The summed E-state index contributed by atoms with van der Waals surface area (Å²) in [5.41, 5.74) is -0.281. The SMILES string of the molecule is COC(=O)C1COc2ccc([B-](F)(F)F)cc2C1.[K+]. The topological polar surface area (TPSA) is 35.5 Å². The fraction of sp³-hybridized carbons (Fsp3) is 0.364. The van der Waals surface area contributed by atoms with Crippen LogP contribution in [-0.4, -0.2) is 26.7 Å². The smallest absolute Gasteiger partial charge is 0.492 e. The van der Waals surface area contributed by atoms with Gasteiger partial charge in [-0.25, -0.2) is 0 Å². The molecule has 1 aliphatic rings. The first-order chi connectivity index (χ1) is 8.41. The molecule has 0 aromatic heterocycles. The standard InChI is InChI=1S/C11H11BF3O3.K/c1-17-11(16)8-4-7-5-9(12(13,14)15)2-3-10(7)18-6-8;/h2-3,5,8H,4,6H2,1H3;/q-1;+1. The first-order valence-electron chi connectivity index (χ1n) is 5.45. The number of benzene rings is 1. The van der Waals surface area contributed by atoms with Crippen LogP contribution in [0.15, 0.2) is 18.2 Å². The van der Waals surface area contributed by atoms with Crippen molar-refractivity contribution < 1.29 is 78.6 Å². The van der Waals surface area contributed by atoms with Crippen LogP contribution >= 0.6 is 0 Å². The number of fused-ring (bicyclic) bond motifs is 1. The summed E-state index contributed by atoms with van der Waals surface area (Å²) in [5, 5.41) is 0. The average Bonchev–Trinajstić information content (AvgIpc) is 2.35. The summed E-state index contributed by atoms with van der Waals surface area (Å²) in [6.45, 7) is -4.90. The van der Waals surface area contributed by atoms with Crippen molar-refractivity contribution in [2.24, 2.45) is 5.92 Å². The first-order valence-corrected chi connectivity index (χ1v) is 5.45. The van der Waals surface area contributed by atoms with E-state index in [-0.39, 0.29) is 64.4 Å². The number of methoxy groups -OCH3 is 1. The summed E-state index contributed by atoms with van der Waals surface area (Å²) in [4.78, 5) is 11.3. The van der Waals surface area contributed by atoms with Gasteiger partial charge in [-0.15, -0.1) is 5.46 Å². The summed E-state index contributed by atoms with van der Waals surface area (Å²) >= 11 is 0. The van der Waals surface area contributed by atoms with Crippen molar-refractivity contribution in [3.05, 3.63) is 23.8 Å². The fourth-order valence-corrected chi connectivity index (χ4v) is 1.94. The van der Waals surface area contributed by atoms with Gasteiger partial charge in [0.2, 0.25) is 0 Å². The van der Waals surface area contributed by atoms with Gasteiger partial charge in [-0.1, -0.05) is 12.1 Å². The van der Waals surface area contributed by atoms with E-state index in [1.165, 1.54) is 13.2 Å². The molecule has 1 aliphatic heterocycles. The number of hydrogen-bond acceptors (Lipinski definition) is 3. The van der Waals surface area contributed by atoms with Crippen LogP contribution in [0.2, 0.25) is 0 Å². The first kappa shape index (κ1) is 17.0. The molecule has 0 amide bonds. The van der Waals surface area contributed by atoms with Gasteiger partial charge in [0.25, 0.3) is 0 Å². The Labute approximate surface area is 151 Å². The molecule has 98 valence electrons. The summed E-state index contributed by atoms with van der Waals surface area (Å²) < 4.78 is 47.7. The van der Waals surface area contributed by atoms with Gasteiger partial charge in [0, 0.05) is 0 Å². The Morgan fingerprint density at radius 1 is 1.42 bits per heavy atom. The summed E-state index contributed by atoms with van der Waals surface area (Å²) in [7, 11) is 1.24. The van der Waals surface area contributed by atoms with Gasteiger partial charge < -0.3 is 22.4 Å². The minimum atomic E-state index is -5.04. The van der Waals surface area contributed by atoms with Crippen molar-refractivity contribution in [2.75, 3.05) is 13.7 Å². The van der Waals surface area contributed by atoms with Crippen LogP contribution in [0.3, 0.4) is 0 Å². The minimum absolute atomic E-state index is 0. The maximum Gasteiger partial charge on any atom is 1.00 e. The normalized spacial score (nSPS) is 17.8. The Morgan fingerprint density at radius 2 is 2.11 bits per heavy atom. The van der Waals surface area contributed by atoms with E-state index in [0.717, 1.165) is 12.1 Å². The van der Waals surface area contributed by atoms with Crippen LogP contribution in [0.25, 0.3) is 0 Å². The largest absolute Gasteiger partial charge is 1.00 e. The fourth-order valence-electron chi connectivity index (χ4n) is 1.94. The Kier molecular flexibility index (Phi) is 5.94. The zero-order chi connectivity index (χ0) is 13.3. The number of hydrogen-bond donors (Lipinski definition) is 0. The average molecular weight is 298 g/mol. The van der Waals surface area contributed by atoms with Crippen molar-refractivity contribution in [3.8, 4) is 5.75 Å². The number of halogens is 3. The second kappa shape index (κ2) is 6.62. The molecule has 2 rings (SSSR count). The van der Waals surface area contributed by atoms with Crippen LogP contribution < -0.4 is 61.6 Å². The summed E-state index contributed by atoms with van der Waals surface area (Å²) in [6, 6.07) is 3.34. The molecule has 1 aromatic rings. The molecule has 0 saturated carbocycles. The predicted molar refractivity (Wildman–Crippen MR) is 59.9 cm³/mol. The van der Waals surface area contributed by atoms with Gasteiger partial charge in [-0.2, -0.15) is 0 Å². The van der Waals surface area contributed by atoms with E-state index in [4.69, 9.17) is 4.74 Å². The number of rotatable bonds is 2. The third-order valence-corrected chi connectivity index (χ3v) is 2.90. The van der Waals surface area contributed by atoms with E-state index in [2.05, 4.69) is 4.74 Å². The quantitative estimate of drug-likeness (QED) is 0.491. The Balaban J connectivity index is 0.00000180. The minimum Gasteiger partial charge on any atom is -0.492 e. The molecule has 0 fully saturated rings. The molecule has 0 bridgehead atoms. The van der Waals surface area contributed by atoms with Crippen LogP contribution in [-0.2, 0) is 16.0 Å². The zero-order valence-electron chi connectivity index (χ0n) is 10.7. The molecule has 0 radical (unpaired) electrons. The molecule has 0 aliphatic carbocycles. The molecule has 0 spiro atoms. The third-order valence-electron chi connectivity index (χ3n) is 2.90. The van der Waals surface area contributed by atoms with Crippen molar-refractivity contribution >= 4 is 18.4 Å². The van der Waals surface area contributed by atoms with Gasteiger partial charge in [-0.05, 0) is 18.1 Å². The molecule has 8 heteroatoms. The monoisotopic (exact) mass is 298 g/mol. The van der Waals surface area contributed by atoms with Crippen molar-refractivity contribution in [2.45, 2.75) is 6.42 Å². The second-order valence-corrected chi connectivity index (χ2v) is 4.18. The maximum absolute atomic E-state index is 12.6. The Morgan fingerprint density at radius 3 is 2.68 bits per heavy atom. The van der Waals surface area contributed by atoms with E-state index in [1.54, 1.807) is 0 Å². The zero-order valence-corrected chi connectivity index (χ0v) is 13.8. The van der Waals surface area contributed by atoms with Gasteiger partial charge in [-0.3, -0.25) is 4.79 Å². The Bertz CT molecular complexity index is 479. The van der Waals surface area contributed by atoms with E-state index in [1.807, 2.05) is 0 Å². The summed E-state index contributed by atoms with van der Waals surface area (Å²) in [6.07, 6.45) is 0.210. The van der Waals surface area contributed by atoms with E-state index in [9.17, 15) is 17.7 Å². The van der Waals surface area contributed by atoms with Crippen LogP contribution in [0, 0.1) is 5.92 Å². The molecule has 19 heavy (non-hydrogen) atoms. The van der Waals surface area contributed by atoms with Crippen LogP contribution in [0.1, 0.15) is 5.56 Å². The number of carbonyl (C=O) groups excluding carboxylic acids is 1. The van der Waals surface area contributed by atoms with Crippen LogP contribution in [0.4, 0.5) is 12.9 Å². The third kappa shape index (κ3) is 3.98. The predicted octanol–water partition coefficient (Wildman–Crippen LogP) is -1.53. The molecule has 0 N–H and O–H groups in total.